The number of ether oxygens (including phenoxy) is 1. The highest BCUT2D eigenvalue weighted by atomic mass is 16.5. The molecule has 0 spiro atoms. The van der Waals surface area contributed by atoms with Crippen LogP contribution in [-0.2, 0) is 19.9 Å². The quantitative estimate of drug-likeness (QED) is 0.881. The molecule has 0 aliphatic rings. The maximum Gasteiger partial charge on any atom is 0.118 e. The Morgan fingerprint density at radius 1 is 1.30 bits per heavy atom. The number of methoxy groups -OCH3 is 1. The van der Waals surface area contributed by atoms with E-state index in [9.17, 15) is 5.11 Å². The number of aromatic nitrogens is 2. The van der Waals surface area contributed by atoms with E-state index in [1.54, 1.807) is 11.8 Å². The zero-order valence-electron chi connectivity index (χ0n) is 12.3. The van der Waals surface area contributed by atoms with Crippen molar-refractivity contribution in [2.24, 2.45) is 7.05 Å². The van der Waals surface area contributed by atoms with Crippen LogP contribution in [0.25, 0.3) is 0 Å². The topological polar surface area (TPSA) is 47.3 Å². The minimum absolute atomic E-state index is 0.477. The first-order valence-corrected chi connectivity index (χ1v) is 6.97. The molecular weight excluding hydrogens is 252 g/mol. The lowest BCUT2D eigenvalue weighted by Gasteiger charge is -2.11. The van der Waals surface area contributed by atoms with Gasteiger partial charge in [-0.3, -0.25) is 4.68 Å². The Balaban J connectivity index is 1.96. The van der Waals surface area contributed by atoms with Crippen molar-refractivity contribution < 1.29 is 9.84 Å². The number of aliphatic hydroxyl groups excluding tert-OH is 1. The van der Waals surface area contributed by atoms with Gasteiger partial charge in [0.15, 0.2) is 0 Å². The van der Waals surface area contributed by atoms with Gasteiger partial charge in [0.2, 0.25) is 0 Å². The molecule has 4 heteroatoms. The van der Waals surface area contributed by atoms with E-state index in [1.807, 2.05) is 37.4 Å². The van der Waals surface area contributed by atoms with Crippen LogP contribution in [0.1, 0.15) is 36.4 Å². The summed E-state index contributed by atoms with van der Waals surface area (Å²) in [6.45, 7) is 2.07. The molecule has 0 amide bonds. The van der Waals surface area contributed by atoms with Gasteiger partial charge in [-0.25, -0.2) is 0 Å². The highest BCUT2D eigenvalue weighted by Crippen LogP contribution is 2.21. The summed E-state index contributed by atoms with van der Waals surface area (Å²) in [5.41, 5.74) is 3.10. The summed E-state index contributed by atoms with van der Waals surface area (Å²) in [5, 5.41) is 14.7. The van der Waals surface area contributed by atoms with Crippen LogP contribution in [0.5, 0.6) is 5.75 Å². The molecule has 1 N–H and O–H groups in total. The Hall–Kier alpha value is -1.81. The SMILES string of the molecule is CCc1cc(C(O)CCc2ccc(OC)cc2)n(C)n1. The lowest BCUT2D eigenvalue weighted by molar-refractivity contribution is 0.158. The molecule has 0 aliphatic heterocycles. The number of benzene rings is 1. The van der Waals surface area contributed by atoms with E-state index in [2.05, 4.69) is 12.0 Å². The summed E-state index contributed by atoms with van der Waals surface area (Å²) >= 11 is 0. The van der Waals surface area contributed by atoms with Crippen LogP contribution in [0.4, 0.5) is 0 Å². The average molecular weight is 274 g/mol. The Morgan fingerprint density at radius 2 is 2.00 bits per heavy atom. The van der Waals surface area contributed by atoms with E-state index in [1.165, 1.54) is 5.56 Å². The molecule has 0 saturated heterocycles. The molecular formula is C16H22N2O2. The lowest BCUT2D eigenvalue weighted by Crippen LogP contribution is -2.06. The Morgan fingerprint density at radius 3 is 2.55 bits per heavy atom. The lowest BCUT2D eigenvalue weighted by atomic mass is 10.0. The predicted octanol–water partition coefficient (Wildman–Crippen LogP) is 2.66. The highest BCUT2D eigenvalue weighted by Gasteiger charge is 2.13. The highest BCUT2D eigenvalue weighted by molar-refractivity contribution is 5.27. The monoisotopic (exact) mass is 274 g/mol. The molecule has 1 heterocycles. The maximum absolute atomic E-state index is 10.3. The number of aryl methyl sites for hydroxylation is 3. The average Bonchev–Trinajstić information content (AvgIpc) is 2.86. The van der Waals surface area contributed by atoms with E-state index in [0.29, 0.717) is 6.42 Å². The van der Waals surface area contributed by atoms with Gasteiger partial charge in [-0.05, 0) is 43.0 Å². The first-order chi connectivity index (χ1) is 9.63. The largest absolute Gasteiger partial charge is 0.497 e. The second-order valence-corrected chi connectivity index (χ2v) is 4.94. The van der Waals surface area contributed by atoms with Crippen LogP contribution < -0.4 is 4.74 Å². The molecule has 0 radical (unpaired) electrons. The molecule has 0 saturated carbocycles. The van der Waals surface area contributed by atoms with E-state index in [4.69, 9.17) is 4.74 Å². The molecule has 0 aliphatic carbocycles. The standard InChI is InChI=1S/C16H22N2O2/c1-4-13-11-15(18(2)17-13)16(19)10-7-12-5-8-14(20-3)9-6-12/h5-6,8-9,11,16,19H,4,7,10H2,1-3H3. The number of hydrogen-bond donors (Lipinski definition) is 1. The number of nitrogens with zero attached hydrogens (tertiary/aromatic N) is 2. The molecule has 20 heavy (non-hydrogen) atoms. The summed E-state index contributed by atoms with van der Waals surface area (Å²) < 4.78 is 6.91. The molecule has 108 valence electrons. The van der Waals surface area contributed by atoms with Crippen molar-refractivity contribution in [2.45, 2.75) is 32.3 Å². The zero-order valence-corrected chi connectivity index (χ0v) is 12.3. The van der Waals surface area contributed by atoms with Gasteiger partial charge >= 0.3 is 0 Å². The van der Waals surface area contributed by atoms with Gasteiger partial charge in [-0.15, -0.1) is 0 Å². The van der Waals surface area contributed by atoms with Crippen molar-refractivity contribution >= 4 is 0 Å². The first kappa shape index (κ1) is 14.6. The minimum Gasteiger partial charge on any atom is -0.497 e. The maximum atomic E-state index is 10.3. The Labute approximate surface area is 120 Å². The van der Waals surface area contributed by atoms with Crippen molar-refractivity contribution in [1.29, 1.82) is 0 Å². The number of rotatable bonds is 6. The molecule has 1 atom stereocenters. The molecule has 4 nitrogen and oxygen atoms in total. The summed E-state index contributed by atoms with van der Waals surface area (Å²) in [6, 6.07) is 9.94. The second-order valence-electron chi connectivity index (χ2n) is 4.94. The molecule has 1 aromatic heterocycles. The van der Waals surface area contributed by atoms with Gasteiger partial charge in [0, 0.05) is 7.05 Å². The van der Waals surface area contributed by atoms with Gasteiger partial charge in [0.25, 0.3) is 0 Å². The summed E-state index contributed by atoms with van der Waals surface area (Å²) in [5.74, 6) is 0.855. The van der Waals surface area contributed by atoms with Crippen molar-refractivity contribution in [3.05, 3.63) is 47.3 Å². The normalized spacial score (nSPS) is 12.4. The molecule has 1 aromatic carbocycles. The third-order valence-electron chi connectivity index (χ3n) is 3.54. The molecule has 0 fully saturated rings. The number of aliphatic hydroxyl groups is 1. The van der Waals surface area contributed by atoms with Crippen LogP contribution in [0.3, 0.4) is 0 Å². The van der Waals surface area contributed by atoms with Crippen LogP contribution in [0.2, 0.25) is 0 Å². The fourth-order valence-electron chi connectivity index (χ4n) is 2.27. The fraction of sp³-hybridized carbons (Fsp3) is 0.438. The third-order valence-corrected chi connectivity index (χ3v) is 3.54. The zero-order chi connectivity index (χ0) is 14.5. The fourth-order valence-corrected chi connectivity index (χ4v) is 2.27. The van der Waals surface area contributed by atoms with E-state index in [-0.39, 0.29) is 0 Å². The Kier molecular flexibility index (Phi) is 4.79. The van der Waals surface area contributed by atoms with Gasteiger partial charge in [0.1, 0.15) is 5.75 Å². The van der Waals surface area contributed by atoms with Gasteiger partial charge < -0.3 is 9.84 Å². The summed E-state index contributed by atoms with van der Waals surface area (Å²) in [6.07, 6.45) is 1.93. The summed E-state index contributed by atoms with van der Waals surface area (Å²) in [7, 11) is 3.54. The van der Waals surface area contributed by atoms with Gasteiger partial charge in [-0.2, -0.15) is 5.10 Å². The van der Waals surface area contributed by atoms with E-state index >= 15 is 0 Å². The van der Waals surface area contributed by atoms with Crippen LogP contribution in [0.15, 0.2) is 30.3 Å². The second kappa shape index (κ2) is 6.57. The van der Waals surface area contributed by atoms with Crippen LogP contribution >= 0.6 is 0 Å². The van der Waals surface area contributed by atoms with Crippen molar-refractivity contribution in [3.8, 4) is 5.75 Å². The molecule has 0 bridgehead atoms. The van der Waals surface area contributed by atoms with Gasteiger partial charge in [-0.1, -0.05) is 19.1 Å². The van der Waals surface area contributed by atoms with Crippen LogP contribution in [-0.4, -0.2) is 22.0 Å². The first-order valence-electron chi connectivity index (χ1n) is 6.97. The van der Waals surface area contributed by atoms with E-state index < -0.39 is 6.10 Å². The van der Waals surface area contributed by atoms with Crippen LogP contribution in [0, 0.1) is 0 Å². The Bertz CT molecular complexity index is 546. The third kappa shape index (κ3) is 3.39. The van der Waals surface area contributed by atoms with Crippen molar-refractivity contribution in [1.82, 2.24) is 9.78 Å². The number of hydrogen-bond acceptors (Lipinski definition) is 3. The van der Waals surface area contributed by atoms with Crippen molar-refractivity contribution in [3.63, 3.8) is 0 Å². The summed E-state index contributed by atoms with van der Waals surface area (Å²) in [4.78, 5) is 0. The van der Waals surface area contributed by atoms with E-state index in [0.717, 1.165) is 30.0 Å². The predicted molar refractivity (Wildman–Crippen MR) is 78.9 cm³/mol. The molecule has 2 rings (SSSR count). The minimum atomic E-state index is -0.477. The van der Waals surface area contributed by atoms with Gasteiger partial charge in [0.05, 0.1) is 24.6 Å². The smallest absolute Gasteiger partial charge is 0.118 e. The molecule has 1 unspecified atom stereocenters. The van der Waals surface area contributed by atoms with Crippen molar-refractivity contribution in [2.75, 3.05) is 7.11 Å². The molecule has 2 aromatic rings.